The van der Waals surface area contributed by atoms with E-state index in [9.17, 15) is 45.0 Å². The van der Waals surface area contributed by atoms with E-state index in [1.807, 2.05) is 20.8 Å². The van der Waals surface area contributed by atoms with E-state index < -0.39 is 78.1 Å². The highest BCUT2D eigenvalue weighted by molar-refractivity contribution is 7.09. The molecule has 0 bridgehead atoms. The summed E-state index contributed by atoms with van der Waals surface area (Å²) >= 11 is 1.17. The topological polar surface area (TPSA) is 226 Å². The van der Waals surface area contributed by atoms with Crippen molar-refractivity contribution >= 4 is 34.9 Å². The summed E-state index contributed by atoms with van der Waals surface area (Å²) in [5.41, 5.74) is 0.00194. The van der Waals surface area contributed by atoms with E-state index in [4.69, 9.17) is 18.9 Å². The van der Waals surface area contributed by atoms with Crippen LogP contribution in [0, 0.1) is 17.3 Å². The van der Waals surface area contributed by atoms with Gasteiger partial charge >= 0.3 is 5.97 Å². The lowest BCUT2D eigenvalue weighted by Gasteiger charge is -2.41. The maximum Gasteiger partial charge on any atom is 0.306 e. The highest BCUT2D eigenvalue weighted by Gasteiger charge is 2.63. The van der Waals surface area contributed by atoms with E-state index in [2.05, 4.69) is 11.9 Å². The molecule has 0 saturated carbocycles. The molecular weight excluding hydrogens is 662 g/mol. The number of aliphatic hydroxyl groups excluding tert-OH is 5. The van der Waals surface area contributed by atoms with Gasteiger partial charge in [-0.3, -0.25) is 14.4 Å². The second-order valence-electron chi connectivity index (χ2n) is 14.5. The van der Waals surface area contributed by atoms with Crippen molar-refractivity contribution in [2.75, 3.05) is 0 Å². The van der Waals surface area contributed by atoms with Gasteiger partial charge in [0.15, 0.2) is 24.3 Å². The summed E-state index contributed by atoms with van der Waals surface area (Å²) in [6.07, 6.45) is -8.99. The number of thiazole rings is 1. The number of hydrogen-bond acceptors (Lipinski definition) is 15. The molecule has 7 unspecified atom stereocenters. The van der Waals surface area contributed by atoms with Crippen LogP contribution in [0.4, 0.5) is 0 Å². The van der Waals surface area contributed by atoms with Gasteiger partial charge in [-0.15, -0.1) is 11.3 Å². The van der Waals surface area contributed by atoms with Crippen LogP contribution in [0.3, 0.4) is 0 Å². The second-order valence-corrected chi connectivity index (χ2v) is 15.4. The molecule has 3 fully saturated rings. The number of ketones is 2. The standard InChI is InChI=1S/C34H51NO13S/c1-16-8-7-9-21-34(44,48-21)31(43)28(46-23(37)10-11-33(5,6)30(42)18(3)12-16)17(2)13-20-15-49-22(35-20)14-45-32-27(41)25(39)26(40)29(47-32)24(38)19(4)36/h13,15-16,18,21,24-29,31-32,38-41,43-44H,7-12,14H2,1-6H3/t16?,18?,21?,24?,25-,26-,27+,28?,29+,31?,32-,34?/m0/s1. The third kappa shape index (κ3) is 9.39. The van der Waals surface area contributed by atoms with Gasteiger partial charge in [0.2, 0.25) is 5.79 Å². The van der Waals surface area contributed by atoms with Crippen molar-refractivity contribution < 1.29 is 64.0 Å². The van der Waals surface area contributed by atoms with Crippen LogP contribution in [0.15, 0.2) is 11.0 Å². The number of esters is 1. The minimum Gasteiger partial charge on any atom is -0.455 e. The molecule has 3 aliphatic heterocycles. The first-order valence-electron chi connectivity index (χ1n) is 16.8. The zero-order valence-electron chi connectivity index (χ0n) is 28.9. The molecule has 276 valence electrons. The van der Waals surface area contributed by atoms with Crippen LogP contribution in [0.25, 0.3) is 6.08 Å². The van der Waals surface area contributed by atoms with Gasteiger partial charge in [-0.1, -0.05) is 40.5 Å². The van der Waals surface area contributed by atoms with Gasteiger partial charge in [0, 0.05) is 23.1 Å². The smallest absolute Gasteiger partial charge is 0.306 e. The molecule has 3 saturated heterocycles. The molecule has 1 aromatic rings. The summed E-state index contributed by atoms with van der Waals surface area (Å²) in [6.45, 7) is 10.1. The molecule has 0 amide bonds. The van der Waals surface area contributed by atoms with Gasteiger partial charge in [0.05, 0.1) is 5.69 Å². The number of hydrogen-bond donors (Lipinski definition) is 6. The summed E-state index contributed by atoms with van der Waals surface area (Å²) in [5, 5.41) is 65.4. The number of cyclic esters (lactones) is 1. The Morgan fingerprint density at radius 3 is 2.49 bits per heavy atom. The van der Waals surface area contributed by atoms with Crippen LogP contribution in [0.2, 0.25) is 0 Å². The number of fused-ring (bicyclic) bond motifs is 1. The van der Waals surface area contributed by atoms with E-state index in [1.54, 1.807) is 18.4 Å². The number of carbonyl (C=O) groups is 3. The first-order chi connectivity index (χ1) is 22.8. The van der Waals surface area contributed by atoms with Crippen LogP contribution in [0.1, 0.15) is 90.8 Å². The molecule has 3 aliphatic rings. The first kappa shape index (κ1) is 39.6. The minimum absolute atomic E-state index is 0.0798. The summed E-state index contributed by atoms with van der Waals surface area (Å²) in [7, 11) is 0. The third-order valence-electron chi connectivity index (χ3n) is 9.79. The fourth-order valence-electron chi connectivity index (χ4n) is 6.66. The van der Waals surface area contributed by atoms with Crippen molar-refractivity contribution in [3.63, 3.8) is 0 Å². The largest absolute Gasteiger partial charge is 0.455 e. The maximum absolute atomic E-state index is 13.3. The predicted octanol–water partition coefficient (Wildman–Crippen LogP) is 1.40. The van der Waals surface area contributed by atoms with Gasteiger partial charge in [-0.2, -0.15) is 0 Å². The van der Waals surface area contributed by atoms with Crippen molar-refractivity contribution in [3.8, 4) is 0 Å². The highest BCUT2D eigenvalue weighted by atomic mass is 32.1. The van der Waals surface area contributed by atoms with Gasteiger partial charge in [0.1, 0.15) is 54.0 Å². The zero-order valence-corrected chi connectivity index (χ0v) is 29.7. The SMILES string of the molecule is CC(=O)C(O)[C@H]1O[C@H](OCc2nc(C=C(C)C3OC(=O)CCC(C)(C)C(=O)C(C)CC(C)CCCC4OC4(O)C3O)cs2)[C@H](O)[C@@H](O)[C@@H]1O. The summed E-state index contributed by atoms with van der Waals surface area (Å²) in [6, 6.07) is 0. The Hall–Kier alpha value is -2.18. The molecule has 1 aromatic heterocycles. The molecule has 6 N–H and O–H groups in total. The first-order valence-corrected chi connectivity index (χ1v) is 17.7. The molecule has 14 nitrogen and oxygen atoms in total. The van der Waals surface area contributed by atoms with Crippen molar-refractivity contribution in [1.29, 1.82) is 0 Å². The van der Waals surface area contributed by atoms with E-state index in [-0.39, 0.29) is 37.1 Å². The molecule has 0 radical (unpaired) electrons. The molecule has 49 heavy (non-hydrogen) atoms. The lowest BCUT2D eigenvalue weighted by atomic mass is 9.75. The molecule has 0 aliphatic carbocycles. The highest BCUT2D eigenvalue weighted by Crippen LogP contribution is 2.44. The number of nitrogens with zero attached hydrogens (tertiary/aromatic N) is 1. The normalized spacial score (nSPS) is 38.7. The Bertz CT molecular complexity index is 1370. The fourth-order valence-corrected chi connectivity index (χ4v) is 7.33. The number of ether oxygens (including phenoxy) is 4. The summed E-state index contributed by atoms with van der Waals surface area (Å²) in [5.74, 6) is -3.07. The predicted molar refractivity (Wildman–Crippen MR) is 174 cm³/mol. The Kier molecular flexibility index (Phi) is 12.9. The average molecular weight is 714 g/mol. The van der Waals surface area contributed by atoms with Crippen molar-refractivity contribution in [1.82, 2.24) is 4.98 Å². The van der Waals surface area contributed by atoms with Crippen molar-refractivity contribution in [3.05, 3.63) is 21.7 Å². The van der Waals surface area contributed by atoms with Crippen LogP contribution in [0.5, 0.6) is 0 Å². The summed E-state index contributed by atoms with van der Waals surface area (Å²) < 4.78 is 22.3. The van der Waals surface area contributed by atoms with E-state index in [0.717, 1.165) is 19.8 Å². The molecule has 15 heteroatoms. The number of Topliss-reactive ketones (excluding diaryl/α,β-unsaturated/α-hetero) is 2. The second kappa shape index (κ2) is 16.0. The van der Waals surface area contributed by atoms with Crippen molar-refractivity contribution in [2.24, 2.45) is 17.3 Å². The third-order valence-corrected chi connectivity index (χ3v) is 10.6. The number of aromatic nitrogens is 1. The molecule has 4 heterocycles. The Labute approximate surface area is 290 Å². The molecule has 0 aromatic carbocycles. The Morgan fingerprint density at radius 1 is 1.12 bits per heavy atom. The number of carbonyl (C=O) groups excluding carboxylic acids is 3. The van der Waals surface area contributed by atoms with Gasteiger partial charge in [-0.25, -0.2) is 4.98 Å². The quantitative estimate of drug-likeness (QED) is 0.174. The van der Waals surface area contributed by atoms with E-state index >= 15 is 0 Å². The van der Waals surface area contributed by atoms with Crippen LogP contribution in [-0.2, 0) is 39.9 Å². The minimum atomic E-state index is -1.91. The van der Waals surface area contributed by atoms with Crippen LogP contribution in [-0.4, -0.2) is 114 Å². The molecular formula is C34H51NO13S. The Morgan fingerprint density at radius 2 is 1.82 bits per heavy atom. The molecule has 0 spiro atoms. The van der Waals surface area contributed by atoms with Gasteiger partial charge in [-0.05, 0) is 50.7 Å². The van der Waals surface area contributed by atoms with Gasteiger partial charge in [0.25, 0.3) is 0 Å². The van der Waals surface area contributed by atoms with E-state index in [1.165, 1.54) is 11.3 Å². The van der Waals surface area contributed by atoms with Crippen LogP contribution < -0.4 is 0 Å². The fraction of sp³-hybridized carbons (Fsp3) is 0.765. The monoisotopic (exact) mass is 713 g/mol. The van der Waals surface area contributed by atoms with Crippen LogP contribution >= 0.6 is 11.3 Å². The Balaban J connectivity index is 1.48. The number of rotatable bonds is 7. The average Bonchev–Trinajstić information content (AvgIpc) is 3.49. The van der Waals surface area contributed by atoms with Gasteiger partial charge < -0.3 is 49.6 Å². The zero-order chi connectivity index (χ0) is 36.4. The number of aliphatic hydroxyl groups is 6. The lowest BCUT2D eigenvalue weighted by Crippen LogP contribution is -2.62. The van der Waals surface area contributed by atoms with Crippen molar-refractivity contribution in [2.45, 2.75) is 148 Å². The summed E-state index contributed by atoms with van der Waals surface area (Å²) in [4.78, 5) is 42.5. The molecule has 12 atom stereocenters. The maximum atomic E-state index is 13.3. The van der Waals surface area contributed by atoms with E-state index in [0.29, 0.717) is 29.1 Å². The number of epoxide rings is 1. The molecule has 4 rings (SSSR count). The lowest BCUT2D eigenvalue weighted by molar-refractivity contribution is -0.310.